The Hall–Kier alpha value is -1.32. The van der Waals surface area contributed by atoms with Crippen LogP contribution in [-0.2, 0) is 13.2 Å². The number of aromatic nitrogens is 2. The fraction of sp³-hybridized carbons (Fsp3) is 0.182. The zero-order valence-corrected chi connectivity index (χ0v) is 8.85. The molecule has 0 aliphatic carbocycles. The summed E-state index contributed by atoms with van der Waals surface area (Å²) in [4.78, 5) is 4.03. The summed E-state index contributed by atoms with van der Waals surface area (Å²) in [7, 11) is 0. The zero-order chi connectivity index (χ0) is 10.7. The highest BCUT2D eigenvalue weighted by molar-refractivity contribution is 6.30. The van der Waals surface area contributed by atoms with Gasteiger partial charge in [0.2, 0.25) is 0 Å². The molecule has 0 amide bonds. The number of benzene rings is 1. The number of hydrogen-bond donors (Lipinski definition) is 1. The van der Waals surface area contributed by atoms with Gasteiger partial charge in [-0.2, -0.15) is 0 Å². The molecule has 0 aliphatic heterocycles. The van der Waals surface area contributed by atoms with E-state index in [4.69, 9.17) is 16.7 Å². The topological polar surface area (TPSA) is 38.0 Å². The molecule has 0 saturated carbocycles. The van der Waals surface area contributed by atoms with Gasteiger partial charge < -0.3 is 9.67 Å². The van der Waals surface area contributed by atoms with E-state index in [2.05, 4.69) is 4.98 Å². The van der Waals surface area contributed by atoms with E-state index in [0.29, 0.717) is 12.2 Å². The summed E-state index contributed by atoms with van der Waals surface area (Å²) < 4.78 is 1.91. The van der Waals surface area contributed by atoms with Crippen LogP contribution >= 0.6 is 11.6 Å². The van der Waals surface area contributed by atoms with E-state index in [1.54, 1.807) is 6.33 Å². The normalized spacial score (nSPS) is 10.5. The summed E-state index contributed by atoms with van der Waals surface area (Å²) in [6, 6.07) is 7.68. The van der Waals surface area contributed by atoms with Crippen LogP contribution in [0.2, 0.25) is 5.02 Å². The number of aliphatic hydroxyl groups is 1. The quantitative estimate of drug-likeness (QED) is 0.864. The SMILES string of the molecule is OCc1cn(Cc2cccc(Cl)c2)cn1. The van der Waals surface area contributed by atoms with Crippen molar-refractivity contribution < 1.29 is 5.11 Å². The Morgan fingerprint density at radius 3 is 2.93 bits per heavy atom. The molecular weight excluding hydrogens is 212 g/mol. The van der Waals surface area contributed by atoms with Crippen molar-refractivity contribution in [3.05, 3.63) is 53.1 Å². The fourth-order valence-electron chi connectivity index (χ4n) is 1.42. The zero-order valence-electron chi connectivity index (χ0n) is 8.10. The number of hydrogen-bond acceptors (Lipinski definition) is 2. The molecule has 0 fully saturated rings. The molecule has 78 valence electrons. The summed E-state index contributed by atoms with van der Waals surface area (Å²) in [5, 5.41) is 9.60. The van der Waals surface area contributed by atoms with Crippen LogP contribution < -0.4 is 0 Å². The predicted octanol–water partition coefficient (Wildman–Crippen LogP) is 2.08. The summed E-state index contributed by atoms with van der Waals surface area (Å²) in [5.74, 6) is 0. The van der Waals surface area contributed by atoms with Crippen LogP contribution in [0.25, 0.3) is 0 Å². The van der Waals surface area contributed by atoms with Gasteiger partial charge in [-0.1, -0.05) is 23.7 Å². The molecule has 0 bridgehead atoms. The summed E-state index contributed by atoms with van der Waals surface area (Å²) in [6.07, 6.45) is 3.52. The standard InChI is InChI=1S/C11H11ClN2O/c12-10-3-1-2-9(4-10)5-14-6-11(7-15)13-8-14/h1-4,6,8,15H,5,7H2. The average Bonchev–Trinajstić information content (AvgIpc) is 2.65. The number of aliphatic hydroxyl groups excluding tert-OH is 1. The van der Waals surface area contributed by atoms with Gasteiger partial charge in [0, 0.05) is 17.8 Å². The first kappa shape index (κ1) is 10.2. The molecule has 1 N–H and O–H groups in total. The first-order valence-electron chi connectivity index (χ1n) is 4.64. The van der Waals surface area contributed by atoms with Crippen molar-refractivity contribution in [2.24, 2.45) is 0 Å². The van der Waals surface area contributed by atoms with Gasteiger partial charge in [0.05, 0.1) is 18.6 Å². The first-order chi connectivity index (χ1) is 7.28. The Labute approximate surface area is 93.0 Å². The molecule has 0 aliphatic rings. The highest BCUT2D eigenvalue weighted by Crippen LogP contribution is 2.12. The Morgan fingerprint density at radius 1 is 1.40 bits per heavy atom. The van der Waals surface area contributed by atoms with Crippen molar-refractivity contribution in [1.29, 1.82) is 0 Å². The van der Waals surface area contributed by atoms with E-state index in [9.17, 15) is 0 Å². The van der Waals surface area contributed by atoms with Gasteiger partial charge in [0.15, 0.2) is 0 Å². The summed E-state index contributed by atoms with van der Waals surface area (Å²) in [6.45, 7) is 0.691. The van der Waals surface area contributed by atoms with Crippen LogP contribution in [0.5, 0.6) is 0 Å². The smallest absolute Gasteiger partial charge is 0.0953 e. The second-order valence-corrected chi connectivity index (χ2v) is 3.76. The van der Waals surface area contributed by atoms with Crippen molar-refractivity contribution in [3.8, 4) is 0 Å². The van der Waals surface area contributed by atoms with Crippen molar-refractivity contribution >= 4 is 11.6 Å². The van der Waals surface area contributed by atoms with E-state index in [-0.39, 0.29) is 6.61 Å². The molecule has 2 aromatic rings. The Balaban J connectivity index is 2.14. The van der Waals surface area contributed by atoms with Gasteiger partial charge in [-0.05, 0) is 17.7 Å². The molecule has 0 spiro atoms. The maximum atomic E-state index is 8.86. The van der Waals surface area contributed by atoms with Crippen LogP contribution in [0.4, 0.5) is 0 Å². The van der Waals surface area contributed by atoms with Gasteiger partial charge in [-0.25, -0.2) is 4.98 Å². The molecule has 0 saturated heterocycles. The largest absolute Gasteiger partial charge is 0.390 e. The lowest BCUT2D eigenvalue weighted by Gasteiger charge is -2.02. The van der Waals surface area contributed by atoms with Gasteiger partial charge in [-0.15, -0.1) is 0 Å². The number of nitrogens with zero attached hydrogens (tertiary/aromatic N) is 2. The minimum Gasteiger partial charge on any atom is -0.390 e. The molecule has 0 atom stereocenters. The van der Waals surface area contributed by atoms with E-state index < -0.39 is 0 Å². The molecule has 2 rings (SSSR count). The highest BCUT2D eigenvalue weighted by Gasteiger charge is 1.98. The van der Waals surface area contributed by atoms with E-state index >= 15 is 0 Å². The molecular formula is C11H11ClN2O. The lowest BCUT2D eigenvalue weighted by Crippen LogP contribution is -1.96. The number of halogens is 1. The molecule has 1 heterocycles. The molecule has 0 radical (unpaired) electrons. The van der Waals surface area contributed by atoms with Crippen molar-refractivity contribution in [2.75, 3.05) is 0 Å². The van der Waals surface area contributed by atoms with E-state index in [0.717, 1.165) is 10.6 Å². The second-order valence-electron chi connectivity index (χ2n) is 3.33. The molecule has 15 heavy (non-hydrogen) atoms. The van der Waals surface area contributed by atoms with E-state index in [1.165, 1.54) is 0 Å². The minimum absolute atomic E-state index is 0.0253. The Bertz CT molecular complexity index is 453. The third kappa shape index (κ3) is 2.58. The molecule has 4 heteroatoms. The predicted molar refractivity (Wildman–Crippen MR) is 58.7 cm³/mol. The average molecular weight is 223 g/mol. The maximum absolute atomic E-state index is 8.86. The molecule has 1 aromatic heterocycles. The van der Waals surface area contributed by atoms with Gasteiger partial charge in [0.25, 0.3) is 0 Å². The fourth-order valence-corrected chi connectivity index (χ4v) is 1.63. The highest BCUT2D eigenvalue weighted by atomic mass is 35.5. The van der Waals surface area contributed by atoms with Crippen LogP contribution in [0.15, 0.2) is 36.8 Å². The first-order valence-corrected chi connectivity index (χ1v) is 5.01. The van der Waals surface area contributed by atoms with Crippen LogP contribution in [0.3, 0.4) is 0 Å². The number of rotatable bonds is 3. The molecule has 3 nitrogen and oxygen atoms in total. The lowest BCUT2D eigenvalue weighted by atomic mass is 10.2. The van der Waals surface area contributed by atoms with Gasteiger partial charge in [-0.3, -0.25) is 0 Å². The maximum Gasteiger partial charge on any atom is 0.0953 e. The van der Waals surface area contributed by atoms with Crippen molar-refractivity contribution in [1.82, 2.24) is 9.55 Å². The third-order valence-corrected chi connectivity index (χ3v) is 2.34. The lowest BCUT2D eigenvalue weighted by molar-refractivity contribution is 0.277. The van der Waals surface area contributed by atoms with Crippen LogP contribution in [0, 0.1) is 0 Å². The van der Waals surface area contributed by atoms with E-state index in [1.807, 2.05) is 35.0 Å². The summed E-state index contributed by atoms with van der Waals surface area (Å²) in [5.41, 5.74) is 1.79. The second kappa shape index (κ2) is 4.47. The third-order valence-electron chi connectivity index (χ3n) is 2.10. The minimum atomic E-state index is -0.0253. The van der Waals surface area contributed by atoms with Crippen LogP contribution in [-0.4, -0.2) is 14.7 Å². The van der Waals surface area contributed by atoms with Crippen molar-refractivity contribution in [2.45, 2.75) is 13.2 Å². The Morgan fingerprint density at radius 2 is 2.27 bits per heavy atom. The van der Waals surface area contributed by atoms with Crippen LogP contribution in [0.1, 0.15) is 11.3 Å². The Kier molecular flexibility index (Phi) is 3.04. The summed E-state index contributed by atoms with van der Waals surface area (Å²) >= 11 is 5.88. The van der Waals surface area contributed by atoms with Gasteiger partial charge in [0.1, 0.15) is 0 Å². The molecule has 0 unspecified atom stereocenters. The van der Waals surface area contributed by atoms with Gasteiger partial charge >= 0.3 is 0 Å². The monoisotopic (exact) mass is 222 g/mol. The van der Waals surface area contributed by atoms with Crippen molar-refractivity contribution in [3.63, 3.8) is 0 Å². The molecule has 1 aromatic carbocycles. The number of imidazole rings is 1.